The van der Waals surface area contributed by atoms with Gasteiger partial charge in [-0.2, -0.15) is 0 Å². The molecule has 0 aliphatic carbocycles. The van der Waals surface area contributed by atoms with Gasteiger partial charge >= 0.3 is 11.9 Å². The molecule has 1 heterocycles. The van der Waals surface area contributed by atoms with E-state index in [1.807, 2.05) is 0 Å². The lowest BCUT2D eigenvalue weighted by Gasteiger charge is -2.33. The normalized spacial score (nSPS) is 25.6. The third-order valence-electron chi connectivity index (χ3n) is 2.93. The summed E-state index contributed by atoms with van der Waals surface area (Å²) >= 11 is 0. The number of amides is 1. The van der Waals surface area contributed by atoms with Crippen LogP contribution in [0.4, 0.5) is 0 Å². The molecule has 1 rings (SSSR count). The van der Waals surface area contributed by atoms with Crippen LogP contribution in [0.2, 0.25) is 0 Å². The average molecular weight is 279 g/mol. The van der Waals surface area contributed by atoms with Gasteiger partial charge in [-0.15, -0.1) is 0 Å². The van der Waals surface area contributed by atoms with Crippen LogP contribution in [0.3, 0.4) is 0 Å². The molecule has 2 unspecified atom stereocenters. The van der Waals surface area contributed by atoms with E-state index in [1.54, 1.807) is 0 Å². The summed E-state index contributed by atoms with van der Waals surface area (Å²) in [4.78, 5) is 35.1. The maximum atomic E-state index is 12.2. The Morgan fingerprint density at radius 1 is 1.25 bits per heavy atom. The smallest absolute Gasteiger partial charge is 0.331 e. The van der Waals surface area contributed by atoms with Crippen molar-refractivity contribution in [2.75, 3.05) is 6.54 Å². The quantitative estimate of drug-likeness (QED) is 0.454. The molecule has 1 N–H and O–H groups in total. The van der Waals surface area contributed by atoms with Crippen molar-refractivity contribution in [3.8, 4) is 0 Å². The van der Waals surface area contributed by atoms with Crippen molar-refractivity contribution in [2.45, 2.75) is 24.5 Å². The molecule has 0 saturated carbocycles. The highest BCUT2D eigenvalue weighted by atomic mass is 16.6. The first-order valence-electron chi connectivity index (χ1n) is 6.10. The van der Waals surface area contributed by atoms with Crippen LogP contribution in [0.15, 0.2) is 38.0 Å². The van der Waals surface area contributed by atoms with E-state index in [-0.39, 0.29) is 0 Å². The van der Waals surface area contributed by atoms with Crippen LogP contribution in [-0.4, -0.2) is 36.1 Å². The lowest BCUT2D eigenvalue weighted by Crippen LogP contribution is -2.55. The molecular formula is C14H17NO5. The van der Waals surface area contributed by atoms with Gasteiger partial charge in [0, 0.05) is 18.7 Å². The predicted octanol–water partition coefficient (Wildman–Crippen LogP) is 0.648. The summed E-state index contributed by atoms with van der Waals surface area (Å²) in [5.41, 5.74) is -1.76. The molecule has 0 spiro atoms. The highest BCUT2D eigenvalue weighted by Gasteiger charge is 2.50. The molecule has 0 aromatic carbocycles. The van der Waals surface area contributed by atoms with Gasteiger partial charge in [-0.3, -0.25) is 4.79 Å². The Hall–Kier alpha value is -2.37. The van der Waals surface area contributed by atoms with E-state index in [2.05, 4.69) is 25.1 Å². The molecule has 1 amide bonds. The molecule has 1 aliphatic heterocycles. The standard InChI is InChI=1S/C14H17NO5/c1-4-11(16)19-10-8-7-9-15-13(18)14(10,6-3)20-12(17)5-2/h4-6,10H,1-3,7-9H2,(H,15,18). The average Bonchev–Trinajstić information content (AvgIpc) is 2.60. The summed E-state index contributed by atoms with van der Waals surface area (Å²) in [5, 5.41) is 2.60. The highest BCUT2D eigenvalue weighted by molar-refractivity contribution is 5.93. The van der Waals surface area contributed by atoms with Crippen molar-refractivity contribution in [3.05, 3.63) is 38.0 Å². The second kappa shape index (κ2) is 6.70. The molecule has 1 aliphatic rings. The van der Waals surface area contributed by atoms with Crippen molar-refractivity contribution in [1.82, 2.24) is 5.32 Å². The predicted molar refractivity (Wildman–Crippen MR) is 71.5 cm³/mol. The SMILES string of the molecule is C=CC(=O)OC1CCCNC(=O)C1(C=C)OC(=O)C=C. The first-order chi connectivity index (χ1) is 9.50. The van der Waals surface area contributed by atoms with Crippen molar-refractivity contribution in [2.24, 2.45) is 0 Å². The number of carbonyl (C=O) groups is 3. The zero-order valence-electron chi connectivity index (χ0n) is 11.1. The first kappa shape index (κ1) is 15.7. The molecule has 6 heteroatoms. The summed E-state index contributed by atoms with van der Waals surface area (Å²) in [5.74, 6) is -2.09. The number of nitrogens with one attached hydrogen (secondary N) is 1. The van der Waals surface area contributed by atoms with Gasteiger partial charge in [-0.05, 0) is 18.9 Å². The van der Waals surface area contributed by atoms with Crippen molar-refractivity contribution >= 4 is 17.8 Å². The Labute approximate surface area is 117 Å². The first-order valence-corrected chi connectivity index (χ1v) is 6.10. The van der Waals surface area contributed by atoms with E-state index < -0.39 is 29.6 Å². The van der Waals surface area contributed by atoms with Gasteiger partial charge in [-0.25, -0.2) is 9.59 Å². The van der Waals surface area contributed by atoms with Crippen molar-refractivity contribution in [1.29, 1.82) is 0 Å². The fraction of sp³-hybridized carbons (Fsp3) is 0.357. The number of ether oxygens (including phenoxy) is 2. The second-order valence-electron chi connectivity index (χ2n) is 4.15. The van der Waals surface area contributed by atoms with Gasteiger partial charge in [0.15, 0.2) is 6.10 Å². The van der Waals surface area contributed by atoms with E-state index in [1.165, 1.54) is 0 Å². The topological polar surface area (TPSA) is 81.7 Å². The molecule has 1 fully saturated rings. The third-order valence-corrected chi connectivity index (χ3v) is 2.93. The third kappa shape index (κ3) is 3.14. The fourth-order valence-corrected chi connectivity index (χ4v) is 1.91. The fourth-order valence-electron chi connectivity index (χ4n) is 1.91. The van der Waals surface area contributed by atoms with Crippen LogP contribution in [0.5, 0.6) is 0 Å². The Morgan fingerprint density at radius 2 is 1.90 bits per heavy atom. The molecule has 108 valence electrons. The van der Waals surface area contributed by atoms with Gasteiger partial charge in [0.2, 0.25) is 5.60 Å². The molecule has 1 saturated heterocycles. The molecule has 2 atom stereocenters. The summed E-state index contributed by atoms with van der Waals surface area (Å²) in [7, 11) is 0. The van der Waals surface area contributed by atoms with E-state index in [0.29, 0.717) is 19.4 Å². The van der Waals surface area contributed by atoms with E-state index in [0.717, 1.165) is 18.2 Å². The molecular weight excluding hydrogens is 262 g/mol. The van der Waals surface area contributed by atoms with E-state index in [4.69, 9.17) is 9.47 Å². The lowest BCUT2D eigenvalue weighted by molar-refractivity contribution is -0.178. The van der Waals surface area contributed by atoms with Gasteiger partial charge in [0.1, 0.15) is 0 Å². The minimum atomic E-state index is -1.76. The summed E-state index contributed by atoms with van der Waals surface area (Å²) in [6.45, 7) is 10.5. The number of esters is 2. The lowest BCUT2D eigenvalue weighted by atomic mass is 9.93. The van der Waals surface area contributed by atoms with Crippen LogP contribution < -0.4 is 5.32 Å². The van der Waals surface area contributed by atoms with E-state index >= 15 is 0 Å². The summed E-state index contributed by atoms with van der Waals surface area (Å²) in [6, 6.07) is 0. The Kier molecular flexibility index (Phi) is 5.25. The van der Waals surface area contributed by atoms with E-state index in [9.17, 15) is 14.4 Å². The van der Waals surface area contributed by atoms with Crippen LogP contribution >= 0.6 is 0 Å². The maximum Gasteiger partial charge on any atom is 0.331 e. The number of carbonyl (C=O) groups excluding carboxylic acids is 3. The Bertz CT molecular complexity index is 456. The minimum absolute atomic E-state index is 0.342. The van der Waals surface area contributed by atoms with Crippen LogP contribution in [0.1, 0.15) is 12.8 Å². The maximum absolute atomic E-state index is 12.2. The number of rotatable bonds is 5. The summed E-state index contributed by atoms with van der Waals surface area (Å²) in [6.07, 6.45) is 3.02. The monoisotopic (exact) mass is 279 g/mol. The molecule has 0 bridgehead atoms. The number of hydrogen-bond acceptors (Lipinski definition) is 5. The van der Waals surface area contributed by atoms with Crippen LogP contribution in [0, 0.1) is 0 Å². The largest absolute Gasteiger partial charge is 0.454 e. The molecule has 0 radical (unpaired) electrons. The zero-order chi connectivity index (χ0) is 15.2. The molecule has 0 aromatic rings. The zero-order valence-corrected chi connectivity index (χ0v) is 11.1. The second-order valence-corrected chi connectivity index (χ2v) is 4.15. The van der Waals surface area contributed by atoms with Gasteiger partial charge in [0.05, 0.1) is 0 Å². The Balaban J connectivity index is 3.16. The van der Waals surface area contributed by atoms with Gasteiger partial charge < -0.3 is 14.8 Å². The molecule has 6 nitrogen and oxygen atoms in total. The van der Waals surface area contributed by atoms with Crippen LogP contribution in [0.25, 0.3) is 0 Å². The van der Waals surface area contributed by atoms with Crippen molar-refractivity contribution in [3.63, 3.8) is 0 Å². The molecule has 0 aromatic heterocycles. The van der Waals surface area contributed by atoms with Gasteiger partial charge in [0.25, 0.3) is 5.91 Å². The minimum Gasteiger partial charge on any atom is -0.454 e. The Morgan fingerprint density at radius 3 is 2.45 bits per heavy atom. The van der Waals surface area contributed by atoms with Crippen LogP contribution in [-0.2, 0) is 23.9 Å². The highest BCUT2D eigenvalue weighted by Crippen LogP contribution is 2.27. The van der Waals surface area contributed by atoms with Crippen molar-refractivity contribution < 1.29 is 23.9 Å². The number of hydrogen-bond donors (Lipinski definition) is 1. The van der Waals surface area contributed by atoms with Gasteiger partial charge in [-0.1, -0.05) is 19.7 Å². The molecule has 20 heavy (non-hydrogen) atoms. The summed E-state index contributed by atoms with van der Waals surface area (Å²) < 4.78 is 10.3.